The van der Waals surface area contributed by atoms with Crippen LogP contribution >= 0.6 is 0 Å². The van der Waals surface area contributed by atoms with Crippen LogP contribution in [0.1, 0.15) is 11.1 Å². The molecule has 1 aliphatic heterocycles. The number of hydrogen-bond acceptors (Lipinski definition) is 5. The van der Waals surface area contributed by atoms with Gasteiger partial charge in [-0.3, -0.25) is 20.2 Å². The molecule has 0 saturated carbocycles. The molecule has 0 bridgehead atoms. The number of benzene rings is 2. The highest BCUT2D eigenvalue weighted by molar-refractivity contribution is 6.07. The van der Waals surface area contributed by atoms with Crippen LogP contribution < -0.4 is 0 Å². The standard InChI is InChI=1S/C27H23N4O4/c32-30(33)23-16-17-27(26(18-23)31(34)35)28(19-21-10-4-1-5-11-21)24-14-8-3-9-15-25(24)29(27)20-22-12-6-2-7-13-22/h1-18H,19-20H2,(H,32,33)/q+1. The van der Waals surface area contributed by atoms with Crippen LogP contribution in [0, 0.1) is 15.3 Å². The van der Waals surface area contributed by atoms with Crippen molar-refractivity contribution in [3.05, 3.63) is 147 Å². The molecule has 1 atom stereocenters. The SMILES string of the molecule is O=[N+]([O-])C1=CC(=[N+]([O-])O)C=CC12N(Cc1ccccc1)C1=CC=CC=CC1=[N+]2Cc1ccccc1. The summed E-state index contributed by atoms with van der Waals surface area (Å²) in [5.41, 5.74) is 1.82. The van der Waals surface area contributed by atoms with E-state index in [2.05, 4.69) is 0 Å². The van der Waals surface area contributed by atoms with Crippen molar-refractivity contribution < 1.29 is 19.6 Å². The van der Waals surface area contributed by atoms with Gasteiger partial charge >= 0.3 is 11.4 Å². The van der Waals surface area contributed by atoms with Crippen LogP contribution in [-0.4, -0.2) is 41.6 Å². The molecule has 1 spiro atoms. The molecule has 1 unspecified atom stereocenters. The molecule has 0 amide bonds. The van der Waals surface area contributed by atoms with E-state index >= 15 is 0 Å². The van der Waals surface area contributed by atoms with Gasteiger partial charge in [-0.2, -0.15) is 4.58 Å². The predicted molar refractivity (Wildman–Crippen MR) is 131 cm³/mol. The second kappa shape index (κ2) is 8.90. The Bertz CT molecular complexity index is 1380. The summed E-state index contributed by atoms with van der Waals surface area (Å²) in [7, 11) is 0. The van der Waals surface area contributed by atoms with Crippen LogP contribution in [0.25, 0.3) is 0 Å². The fourth-order valence-electron chi connectivity index (χ4n) is 4.79. The molecule has 1 heterocycles. The second-order valence-corrected chi connectivity index (χ2v) is 8.37. The van der Waals surface area contributed by atoms with E-state index in [9.17, 15) is 20.5 Å². The zero-order valence-electron chi connectivity index (χ0n) is 18.8. The quantitative estimate of drug-likeness (QED) is 0.236. The maximum Gasteiger partial charge on any atom is 0.351 e. The van der Waals surface area contributed by atoms with Crippen molar-refractivity contribution in [1.82, 2.24) is 4.90 Å². The van der Waals surface area contributed by atoms with Crippen molar-refractivity contribution in [3.63, 3.8) is 0 Å². The van der Waals surface area contributed by atoms with Crippen molar-refractivity contribution in [2.24, 2.45) is 0 Å². The van der Waals surface area contributed by atoms with Gasteiger partial charge in [-0.1, -0.05) is 78.9 Å². The Hall–Kier alpha value is -4.72. The Balaban J connectivity index is 1.78. The number of hydrogen-bond donors (Lipinski definition) is 1. The highest BCUT2D eigenvalue weighted by Gasteiger charge is 2.64. The lowest BCUT2D eigenvalue weighted by Gasteiger charge is -2.33. The fraction of sp³-hybridized carbons (Fsp3) is 0.111. The monoisotopic (exact) mass is 467 g/mol. The molecule has 0 aromatic heterocycles. The highest BCUT2D eigenvalue weighted by Crippen LogP contribution is 2.42. The lowest BCUT2D eigenvalue weighted by molar-refractivity contribution is -0.725. The Morgan fingerprint density at radius 1 is 0.914 bits per heavy atom. The van der Waals surface area contributed by atoms with Gasteiger partial charge in [-0.05, 0) is 11.6 Å². The summed E-state index contributed by atoms with van der Waals surface area (Å²) in [5.74, 6) is 0. The van der Waals surface area contributed by atoms with Crippen LogP contribution in [0.4, 0.5) is 0 Å². The number of allylic oxidation sites excluding steroid dienone is 7. The maximum atomic E-state index is 12.5. The van der Waals surface area contributed by atoms with E-state index in [4.69, 9.17) is 0 Å². The molecule has 5 rings (SSSR count). The van der Waals surface area contributed by atoms with Gasteiger partial charge in [0.25, 0.3) is 5.71 Å². The molecule has 2 aromatic carbocycles. The third-order valence-electron chi connectivity index (χ3n) is 6.33. The first-order chi connectivity index (χ1) is 17.0. The number of rotatable bonds is 5. The molecule has 174 valence electrons. The van der Waals surface area contributed by atoms with E-state index in [1.165, 1.54) is 6.08 Å². The first kappa shape index (κ1) is 22.1. The third-order valence-corrected chi connectivity index (χ3v) is 6.33. The number of nitrogens with zero attached hydrogens (tertiary/aromatic N) is 4. The van der Waals surface area contributed by atoms with Gasteiger partial charge in [0.05, 0.1) is 17.5 Å². The molecule has 1 N–H and O–H groups in total. The summed E-state index contributed by atoms with van der Waals surface area (Å²) in [4.78, 5) is 13.7. The minimum atomic E-state index is -1.34. The largest absolute Gasteiger partial charge is 0.417 e. The minimum Gasteiger partial charge on any atom is -0.417 e. The van der Waals surface area contributed by atoms with E-state index < -0.39 is 10.6 Å². The zero-order valence-corrected chi connectivity index (χ0v) is 18.8. The lowest BCUT2D eigenvalue weighted by Crippen LogP contribution is -2.54. The Labute approximate surface area is 202 Å². The fourth-order valence-corrected chi connectivity index (χ4v) is 4.79. The van der Waals surface area contributed by atoms with Crippen molar-refractivity contribution in [2.75, 3.05) is 0 Å². The van der Waals surface area contributed by atoms with Crippen LogP contribution in [0.2, 0.25) is 0 Å². The van der Waals surface area contributed by atoms with Crippen molar-refractivity contribution in [3.8, 4) is 0 Å². The van der Waals surface area contributed by atoms with E-state index in [1.54, 1.807) is 6.08 Å². The number of fused-ring (bicyclic) bond motifs is 1. The summed E-state index contributed by atoms with van der Waals surface area (Å²) in [6.45, 7) is 0.766. The average molecular weight is 468 g/mol. The third kappa shape index (κ3) is 3.85. The van der Waals surface area contributed by atoms with Gasteiger partial charge in [-0.15, -0.1) is 0 Å². The maximum absolute atomic E-state index is 12.5. The minimum absolute atomic E-state index is 0.205. The van der Waals surface area contributed by atoms with Gasteiger partial charge in [0, 0.05) is 28.7 Å². The Morgan fingerprint density at radius 2 is 1.60 bits per heavy atom. The van der Waals surface area contributed by atoms with Gasteiger partial charge in [0.2, 0.25) is 5.71 Å². The normalized spacial score (nSPS) is 22.1. The summed E-state index contributed by atoms with van der Waals surface area (Å²) < 4.78 is 1.98. The van der Waals surface area contributed by atoms with E-state index in [1.807, 2.05) is 101 Å². The Morgan fingerprint density at radius 3 is 2.26 bits per heavy atom. The first-order valence-electron chi connectivity index (χ1n) is 11.1. The molecule has 8 nitrogen and oxygen atoms in total. The van der Waals surface area contributed by atoms with Crippen molar-refractivity contribution in [2.45, 2.75) is 18.8 Å². The average Bonchev–Trinajstić information content (AvgIpc) is 3.01. The molecule has 2 aromatic rings. The van der Waals surface area contributed by atoms with E-state index in [-0.39, 0.29) is 16.3 Å². The topological polar surface area (TPSA) is 95.7 Å². The molecule has 8 heteroatoms. The van der Waals surface area contributed by atoms with Crippen molar-refractivity contribution in [1.29, 1.82) is 0 Å². The summed E-state index contributed by atoms with van der Waals surface area (Å²) >= 11 is 0. The van der Waals surface area contributed by atoms with Crippen LogP contribution in [0.5, 0.6) is 0 Å². The highest BCUT2D eigenvalue weighted by atomic mass is 16.8. The second-order valence-electron chi connectivity index (χ2n) is 8.37. The summed E-state index contributed by atoms with van der Waals surface area (Å²) in [6, 6.07) is 19.5. The van der Waals surface area contributed by atoms with Crippen LogP contribution in [-0.2, 0) is 13.1 Å². The first-order valence-corrected chi connectivity index (χ1v) is 11.1. The van der Waals surface area contributed by atoms with Gasteiger partial charge < -0.3 is 5.21 Å². The molecule has 2 aliphatic carbocycles. The molecule has 0 radical (unpaired) electrons. The van der Waals surface area contributed by atoms with Crippen LogP contribution in [0.15, 0.2) is 121 Å². The molecular formula is C27H23N4O4+. The Kier molecular flexibility index (Phi) is 5.62. The summed E-state index contributed by atoms with van der Waals surface area (Å²) in [6.07, 6.45) is 13.8. The van der Waals surface area contributed by atoms with E-state index in [0.29, 0.717) is 13.1 Å². The van der Waals surface area contributed by atoms with Gasteiger partial charge in [-0.25, -0.2) is 0 Å². The molecule has 0 saturated heterocycles. The molecule has 3 aliphatic rings. The van der Waals surface area contributed by atoms with E-state index in [0.717, 1.165) is 28.6 Å². The zero-order chi connectivity index (χ0) is 24.4. The van der Waals surface area contributed by atoms with Crippen molar-refractivity contribution >= 4 is 11.4 Å². The summed E-state index contributed by atoms with van der Waals surface area (Å²) in [5, 5.41) is 33.7. The predicted octanol–water partition coefficient (Wildman–Crippen LogP) is 3.93. The molecular weight excluding hydrogens is 444 g/mol. The van der Waals surface area contributed by atoms with Gasteiger partial charge in [0.1, 0.15) is 5.70 Å². The number of nitro groups is 1. The lowest BCUT2D eigenvalue weighted by atomic mass is 9.95. The smallest absolute Gasteiger partial charge is 0.351 e. The molecule has 35 heavy (non-hydrogen) atoms. The van der Waals surface area contributed by atoms with Crippen LogP contribution in [0.3, 0.4) is 0 Å². The molecule has 0 fully saturated rings. The van der Waals surface area contributed by atoms with Gasteiger partial charge in [0.15, 0.2) is 6.54 Å².